The van der Waals surface area contributed by atoms with Gasteiger partial charge in [-0.05, 0) is 41.3 Å². The number of hydrogen-bond acceptors (Lipinski definition) is 5. The molecule has 0 amide bonds. The van der Waals surface area contributed by atoms with Gasteiger partial charge in [-0.2, -0.15) is 0 Å². The Bertz CT molecular complexity index is 1030. The lowest BCUT2D eigenvalue weighted by Gasteiger charge is -2.13. The van der Waals surface area contributed by atoms with E-state index in [4.69, 9.17) is 9.47 Å². The molecule has 4 rings (SSSR count). The minimum Gasteiger partial charge on any atom is -0.504 e. The lowest BCUT2D eigenvalue weighted by molar-refractivity contribution is 0.357. The Labute approximate surface area is 131 Å². The Morgan fingerprint density at radius 2 is 1.87 bits per heavy atom. The quantitative estimate of drug-likeness (QED) is 0.616. The van der Waals surface area contributed by atoms with Crippen LogP contribution in [0.5, 0.6) is 17.2 Å². The molecule has 5 nitrogen and oxygen atoms in total. The topological polar surface area (TPSA) is 68.7 Å². The van der Waals surface area contributed by atoms with Gasteiger partial charge in [0.2, 0.25) is 5.43 Å². The van der Waals surface area contributed by atoms with Crippen LogP contribution in [0.4, 0.5) is 0 Å². The van der Waals surface area contributed by atoms with E-state index in [0.29, 0.717) is 22.8 Å². The highest BCUT2D eigenvalue weighted by molar-refractivity contribution is 6.16. The Hall–Kier alpha value is -3.08. The highest BCUT2D eigenvalue weighted by Crippen LogP contribution is 2.52. The van der Waals surface area contributed by atoms with Crippen molar-refractivity contribution in [2.45, 2.75) is 0 Å². The van der Waals surface area contributed by atoms with E-state index in [1.54, 1.807) is 26.5 Å². The lowest BCUT2D eigenvalue weighted by atomic mass is 10.0. The van der Waals surface area contributed by atoms with Gasteiger partial charge in [0, 0.05) is 22.7 Å². The standard InChI is InChI=1S/C18H13NO4/c1-22-14-7-9-5-6-19-17-11-8-13(21)12(20)4-3-10(11)16(15(9)17)18(14)23-2/h3-8H,1-2H3,(H,20,21). The second kappa shape index (κ2) is 4.71. The molecule has 1 aromatic heterocycles. The lowest BCUT2D eigenvalue weighted by Crippen LogP contribution is -1.94. The minimum atomic E-state index is -0.441. The smallest absolute Gasteiger partial charge is 0.220 e. The highest BCUT2D eigenvalue weighted by atomic mass is 16.5. The maximum absolute atomic E-state index is 12.0. The molecule has 0 saturated carbocycles. The first-order chi connectivity index (χ1) is 11.2. The second-order valence-corrected chi connectivity index (χ2v) is 5.30. The van der Waals surface area contributed by atoms with Crippen molar-refractivity contribution >= 4 is 10.8 Å². The van der Waals surface area contributed by atoms with Crippen LogP contribution in [0.25, 0.3) is 33.2 Å². The summed E-state index contributed by atoms with van der Waals surface area (Å²) in [6.45, 7) is 0. The molecule has 23 heavy (non-hydrogen) atoms. The van der Waals surface area contributed by atoms with Crippen molar-refractivity contribution in [2.75, 3.05) is 14.2 Å². The van der Waals surface area contributed by atoms with Crippen molar-refractivity contribution in [1.29, 1.82) is 0 Å². The largest absolute Gasteiger partial charge is 0.504 e. The van der Waals surface area contributed by atoms with Crippen LogP contribution in [0.15, 0.2) is 41.3 Å². The Balaban J connectivity index is 2.26. The summed E-state index contributed by atoms with van der Waals surface area (Å²) in [5.74, 6) is 0.902. The molecule has 1 aliphatic rings. The van der Waals surface area contributed by atoms with Crippen LogP contribution in [0.3, 0.4) is 0 Å². The molecule has 0 saturated heterocycles. The third-order valence-electron chi connectivity index (χ3n) is 4.15. The Kier molecular flexibility index (Phi) is 2.78. The third kappa shape index (κ3) is 1.73. The number of rotatable bonds is 2. The first-order valence-electron chi connectivity index (χ1n) is 7.07. The number of hydrogen-bond donors (Lipinski definition) is 1. The molecule has 1 N–H and O–H groups in total. The summed E-state index contributed by atoms with van der Waals surface area (Å²) in [5.41, 5.74) is 2.57. The molecule has 0 unspecified atom stereocenters. The Morgan fingerprint density at radius 1 is 1.04 bits per heavy atom. The van der Waals surface area contributed by atoms with E-state index in [9.17, 15) is 9.90 Å². The van der Waals surface area contributed by atoms with Crippen LogP contribution in [-0.2, 0) is 0 Å². The van der Waals surface area contributed by atoms with Crippen LogP contribution in [-0.4, -0.2) is 24.3 Å². The molecular formula is C18H13NO4. The first-order valence-corrected chi connectivity index (χ1v) is 7.07. The van der Waals surface area contributed by atoms with Crippen LogP contribution in [0.2, 0.25) is 0 Å². The molecule has 1 aliphatic carbocycles. The zero-order valence-electron chi connectivity index (χ0n) is 12.6. The number of ether oxygens (including phenoxy) is 2. The summed E-state index contributed by atoms with van der Waals surface area (Å²) in [7, 11) is 3.16. The zero-order chi connectivity index (χ0) is 16.1. The predicted molar refractivity (Wildman–Crippen MR) is 87.2 cm³/mol. The van der Waals surface area contributed by atoms with Crippen LogP contribution < -0.4 is 14.9 Å². The molecule has 114 valence electrons. The van der Waals surface area contributed by atoms with Crippen LogP contribution in [0.1, 0.15) is 0 Å². The molecule has 0 bridgehead atoms. The molecule has 3 aromatic rings. The molecule has 5 heteroatoms. The summed E-state index contributed by atoms with van der Waals surface area (Å²) in [5, 5.41) is 11.6. The average molecular weight is 307 g/mol. The van der Waals surface area contributed by atoms with E-state index < -0.39 is 5.43 Å². The molecular weight excluding hydrogens is 294 g/mol. The van der Waals surface area contributed by atoms with E-state index in [0.717, 1.165) is 21.9 Å². The van der Waals surface area contributed by atoms with Gasteiger partial charge in [-0.1, -0.05) is 0 Å². The Morgan fingerprint density at radius 3 is 2.61 bits per heavy atom. The number of aromatic hydroxyl groups is 1. The van der Waals surface area contributed by atoms with Gasteiger partial charge in [0.25, 0.3) is 0 Å². The molecule has 1 heterocycles. The average Bonchev–Trinajstić information content (AvgIpc) is 2.79. The van der Waals surface area contributed by atoms with E-state index in [1.807, 2.05) is 12.1 Å². The van der Waals surface area contributed by atoms with Gasteiger partial charge in [-0.3, -0.25) is 9.78 Å². The first kappa shape index (κ1) is 13.6. The zero-order valence-corrected chi connectivity index (χ0v) is 12.6. The molecule has 0 fully saturated rings. The summed E-state index contributed by atoms with van der Waals surface area (Å²) in [6, 6.07) is 8.32. The maximum Gasteiger partial charge on any atom is 0.220 e. The maximum atomic E-state index is 12.0. The van der Waals surface area contributed by atoms with Crippen molar-refractivity contribution < 1.29 is 14.6 Å². The van der Waals surface area contributed by atoms with Gasteiger partial charge < -0.3 is 14.6 Å². The van der Waals surface area contributed by atoms with Crippen LogP contribution in [0, 0.1) is 0 Å². The third-order valence-corrected chi connectivity index (χ3v) is 4.15. The van der Waals surface area contributed by atoms with Gasteiger partial charge in [0.05, 0.1) is 19.9 Å². The van der Waals surface area contributed by atoms with Crippen molar-refractivity contribution in [3.05, 3.63) is 46.8 Å². The highest BCUT2D eigenvalue weighted by Gasteiger charge is 2.28. The number of fused-ring (bicyclic) bond motifs is 3. The number of methoxy groups -OCH3 is 2. The summed E-state index contributed by atoms with van der Waals surface area (Å²) < 4.78 is 11.0. The minimum absolute atomic E-state index is 0.296. The summed E-state index contributed by atoms with van der Waals surface area (Å²) >= 11 is 0. The summed E-state index contributed by atoms with van der Waals surface area (Å²) in [4.78, 5) is 16.4. The second-order valence-electron chi connectivity index (χ2n) is 5.30. The monoisotopic (exact) mass is 307 g/mol. The fraction of sp³-hybridized carbons (Fsp3) is 0.111. The number of aromatic nitrogens is 1. The fourth-order valence-corrected chi connectivity index (χ4v) is 3.15. The van der Waals surface area contributed by atoms with Crippen molar-refractivity contribution in [3.8, 4) is 39.6 Å². The van der Waals surface area contributed by atoms with Gasteiger partial charge in [-0.15, -0.1) is 0 Å². The number of nitrogens with zero attached hydrogens (tertiary/aromatic N) is 1. The molecule has 0 atom stereocenters. The normalized spacial score (nSPS) is 11.4. The number of benzene rings is 1. The van der Waals surface area contributed by atoms with Gasteiger partial charge in [0.1, 0.15) is 0 Å². The van der Waals surface area contributed by atoms with Gasteiger partial charge in [0.15, 0.2) is 17.2 Å². The van der Waals surface area contributed by atoms with Crippen LogP contribution >= 0.6 is 0 Å². The molecule has 0 radical (unpaired) electrons. The van der Waals surface area contributed by atoms with Gasteiger partial charge in [-0.25, -0.2) is 0 Å². The van der Waals surface area contributed by atoms with Crippen molar-refractivity contribution in [1.82, 2.24) is 4.98 Å². The van der Waals surface area contributed by atoms with E-state index in [1.165, 1.54) is 12.1 Å². The molecule has 2 aromatic carbocycles. The van der Waals surface area contributed by atoms with E-state index in [2.05, 4.69) is 4.98 Å². The molecule has 0 aliphatic heterocycles. The predicted octanol–water partition coefficient (Wildman–Crippen LogP) is 2.97. The van der Waals surface area contributed by atoms with E-state index in [-0.39, 0.29) is 5.75 Å². The van der Waals surface area contributed by atoms with Crippen molar-refractivity contribution in [3.63, 3.8) is 0 Å². The fourth-order valence-electron chi connectivity index (χ4n) is 3.15. The van der Waals surface area contributed by atoms with E-state index >= 15 is 0 Å². The van der Waals surface area contributed by atoms with Gasteiger partial charge >= 0.3 is 0 Å². The summed E-state index contributed by atoms with van der Waals surface area (Å²) in [6.07, 6.45) is 1.69. The molecule has 0 spiro atoms. The SMILES string of the molecule is COc1cc2ccnc3c2c(c1OC)-c1ccc(O)c(=O)cc1-3. The number of pyridine rings is 1. The van der Waals surface area contributed by atoms with Crippen molar-refractivity contribution in [2.24, 2.45) is 0 Å².